The lowest BCUT2D eigenvalue weighted by Gasteiger charge is -2.18. The summed E-state index contributed by atoms with van der Waals surface area (Å²) >= 11 is 4.28. The molecule has 0 aliphatic carbocycles. The lowest BCUT2D eigenvalue weighted by Crippen LogP contribution is -2.28. The minimum absolute atomic E-state index is 0.0417. The molecule has 1 unspecified atom stereocenters. The van der Waals surface area contributed by atoms with E-state index in [4.69, 9.17) is 0 Å². The fourth-order valence-electron chi connectivity index (χ4n) is 1.23. The van der Waals surface area contributed by atoms with Crippen LogP contribution >= 0.6 is 12.6 Å². The van der Waals surface area contributed by atoms with Gasteiger partial charge >= 0.3 is 0 Å². The van der Waals surface area contributed by atoms with Crippen molar-refractivity contribution in [3.05, 3.63) is 28.7 Å². The zero-order valence-electron chi connectivity index (χ0n) is 8.55. The molecule has 0 radical (unpaired) electrons. The van der Waals surface area contributed by atoms with Crippen LogP contribution in [0.2, 0.25) is 0 Å². The van der Waals surface area contributed by atoms with Crippen LogP contribution in [0.15, 0.2) is 23.1 Å². The summed E-state index contributed by atoms with van der Waals surface area (Å²) in [7, 11) is 0. The van der Waals surface area contributed by atoms with Gasteiger partial charge in [0.15, 0.2) is 0 Å². The lowest BCUT2D eigenvalue weighted by atomic mass is 9.98. The minimum Gasteiger partial charge on any atom is -0.268 e. The van der Waals surface area contributed by atoms with Crippen molar-refractivity contribution < 1.29 is 0 Å². The summed E-state index contributed by atoms with van der Waals surface area (Å²) in [5.41, 5.74) is -0.0417. The number of rotatable bonds is 4. The van der Waals surface area contributed by atoms with Crippen LogP contribution in [0.1, 0.15) is 13.8 Å². The van der Waals surface area contributed by atoms with E-state index in [9.17, 15) is 4.79 Å². The zero-order valence-corrected chi connectivity index (χ0v) is 9.45. The first-order valence-electron chi connectivity index (χ1n) is 4.78. The van der Waals surface area contributed by atoms with Gasteiger partial charge in [-0.3, -0.25) is 4.79 Å². The number of hydrogen-bond donors (Lipinski definition) is 1. The van der Waals surface area contributed by atoms with Gasteiger partial charge in [-0.1, -0.05) is 13.8 Å². The predicted molar refractivity (Wildman–Crippen MR) is 60.7 cm³/mol. The summed E-state index contributed by atoms with van der Waals surface area (Å²) in [4.78, 5) is 11.4. The van der Waals surface area contributed by atoms with Crippen molar-refractivity contribution in [2.24, 2.45) is 11.8 Å². The average molecular weight is 212 g/mol. The maximum atomic E-state index is 11.4. The molecule has 0 aliphatic rings. The minimum atomic E-state index is -0.0417. The Morgan fingerprint density at radius 2 is 2.29 bits per heavy atom. The highest BCUT2D eigenvalue weighted by molar-refractivity contribution is 7.80. The van der Waals surface area contributed by atoms with Gasteiger partial charge in [0, 0.05) is 18.8 Å². The molecular formula is C10H16N2OS. The predicted octanol–water partition coefficient (Wildman–Crippen LogP) is 1.45. The molecule has 1 aromatic rings. The fourth-order valence-corrected chi connectivity index (χ4v) is 1.76. The van der Waals surface area contributed by atoms with E-state index in [1.165, 1.54) is 10.7 Å². The molecule has 0 aliphatic heterocycles. The third-order valence-electron chi connectivity index (χ3n) is 2.37. The quantitative estimate of drug-likeness (QED) is 0.767. The van der Waals surface area contributed by atoms with Crippen LogP contribution in [0.3, 0.4) is 0 Å². The van der Waals surface area contributed by atoms with Crippen LogP contribution in [0, 0.1) is 11.8 Å². The standard InChI is InChI=1S/C10H16N2OS/c1-8(2)9(7-14)6-12-10(13)4-3-5-11-12/h3-5,8-9,14H,6-7H2,1-2H3. The highest BCUT2D eigenvalue weighted by atomic mass is 32.1. The monoisotopic (exact) mass is 212 g/mol. The van der Waals surface area contributed by atoms with Gasteiger partial charge in [-0.2, -0.15) is 17.7 Å². The van der Waals surface area contributed by atoms with Crippen LogP contribution in [0.5, 0.6) is 0 Å². The number of nitrogens with zero attached hydrogens (tertiary/aromatic N) is 2. The molecule has 0 amide bonds. The Bertz CT molecular complexity index is 335. The van der Waals surface area contributed by atoms with Crippen LogP contribution in [0.4, 0.5) is 0 Å². The molecule has 0 spiro atoms. The summed E-state index contributed by atoms with van der Waals surface area (Å²) in [5.74, 6) is 1.69. The van der Waals surface area contributed by atoms with Crippen LogP contribution in [-0.2, 0) is 6.54 Å². The van der Waals surface area contributed by atoms with Crippen molar-refractivity contribution in [2.75, 3.05) is 5.75 Å². The number of hydrogen-bond acceptors (Lipinski definition) is 3. The molecule has 0 bridgehead atoms. The number of thiol groups is 1. The highest BCUT2D eigenvalue weighted by Gasteiger charge is 2.12. The van der Waals surface area contributed by atoms with E-state index in [1.54, 1.807) is 12.3 Å². The second kappa shape index (κ2) is 5.20. The van der Waals surface area contributed by atoms with E-state index >= 15 is 0 Å². The first kappa shape index (κ1) is 11.3. The van der Waals surface area contributed by atoms with Crippen molar-refractivity contribution in [3.63, 3.8) is 0 Å². The summed E-state index contributed by atoms with van der Waals surface area (Å²) in [6.45, 7) is 4.92. The van der Waals surface area contributed by atoms with Crippen molar-refractivity contribution in [1.82, 2.24) is 9.78 Å². The van der Waals surface area contributed by atoms with Gasteiger partial charge in [-0.15, -0.1) is 0 Å². The van der Waals surface area contributed by atoms with Gasteiger partial charge in [0.1, 0.15) is 0 Å². The Morgan fingerprint density at radius 3 is 2.79 bits per heavy atom. The molecule has 78 valence electrons. The molecule has 4 heteroatoms. The smallest absolute Gasteiger partial charge is 0.266 e. The van der Waals surface area contributed by atoms with E-state index in [0.717, 1.165) is 5.75 Å². The Balaban J connectivity index is 2.77. The summed E-state index contributed by atoms with van der Waals surface area (Å²) in [6, 6.07) is 3.19. The molecule has 1 aromatic heterocycles. The van der Waals surface area contributed by atoms with Gasteiger partial charge in [0.25, 0.3) is 5.56 Å². The maximum Gasteiger partial charge on any atom is 0.266 e. The topological polar surface area (TPSA) is 34.9 Å². The van der Waals surface area contributed by atoms with E-state index < -0.39 is 0 Å². The molecule has 14 heavy (non-hydrogen) atoms. The second-order valence-corrected chi connectivity index (χ2v) is 4.10. The fraction of sp³-hybridized carbons (Fsp3) is 0.600. The molecule has 0 N–H and O–H groups in total. The third kappa shape index (κ3) is 2.87. The van der Waals surface area contributed by atoms with Crippen molar-refractivity contribution in [3.8, 4) is 0 Å². The molecule has 0 fully saturated rings. The molecule has 1 heterocycles. The van der Waals surface area contributed by atoms with E-state index in [2.05, 4.69) is 31.6 Å². The Kier molecular flexibility index (Phi) is 4.20. The molecule has 0 aromatic carbocycles. The van der Waals surface area contributed by atoms with Gasteiger partial charge in [-0.05, 0) is 23.7 Å². The average Bonchev–Trinajstić information content (AvgIpc) is 2.16. The van der Waals surface area contributed by atoms with E-state index in [0.29, 0.717) is 18.4 Å². The first-order valence-corrected chi connectivity index (χ1v) is 5.41. The van der Waals surface area contributed by atoms with Gasteiger partial charge in [0.2, 0.25) is 0 Å². The second-order valence-electron chi connectivity index (χ2n) is 3.73. The third-order valence-corrected chi connectivity index (χ3v) is 2.84. The highest BCUT2D eigenvalue weighted by Crippen LogP contribution is 2.13. The van der Waals surface area contributed by atoms with Gasteiger partial charge in [-0.25, -0.2) is 4.68 Å². The maximum absolute atomic E-state index is 11.4. The Morgan fingerprint density at radius 1 is 1.57 bits per heavy atom. The summed E-state index contributed by atoms with van der Waals surface area (Å²) < 4.78 is 1.50. The SMILES string of the molecule is CC(C)C(CS)Cn1ncccc1=O. The largest absolute Gasteiger partial charge is 0.268 e. The van der Waals surface area contributed by atoms with Crippen LogP contribution in [-0.4, -0.2) is 15.5 Å². The normalized spacial score (nSPS) is 13.1. The van der Waals surface area contributed by atoms with Gasteiger partial charge < -0.3 is 0 Å². The van der Waals surface area contributed by atoms with E-state index in [-0.39, 0.29) is 5.56 Å². The number of aromatic nitrogens is 2. The van der Waals surface area contributed by atoms with E-state index in [1.807, 2.05) is 0 Å². The van der Waals surface area contributed by atoms with Crippen molar-refractivity contribution in [1.29, 1.82) is 0 Å². The molecule has 1 rings (SSSR count). The molecule has 3 nitrogen and oxygen atoms in total. The summed E-state index contributed by atoms with van der Waals surface area (Å²) in [5, 5.41) is 4.02. The van der Waals surface area contributed by atoms with Crippen LogP contribution in [0.25, 0.3) is 0 Å². The van der Waals surface area contributed by atoms with Gasteiger partial charge in [0.05, 0.1) is 0 Å². The molecule has 0 saturated carbocycles. The molecule has 0 saturated heterocycles. The van der Waals surface area contributed by atoms with Crippen molar-refractivity contribution in [2.45, 2.75) is 20.4 Å². The van der Waals surface area contributed by atoms with Crippen LogP contribution < -0.4 is 5.56 Å². The molecule has 1 atom stereocenters. The first-order chi connectivity index (χ1) is 6.65. The summed E-state index contributed by atoms with van der Waals surface area (Å²) in [6.07, 6.45) is 1.64. The Hall–Kier alpha value is -0.770. The zero-order chi connectivity index (χ0) is 10.6. The van der Waals surface area contributed by atoms with Crippen molar-refractivity contribution >= 4 is 12.6 Å². The molecular weight excluding hydrogens is 196 g/mol. The lowest BCUT2D eigenvalue weighted by molar-refractivity contribution is 0.347. The Labute approximate surface area is 89.6 Å².